The van der Waals surface area contributed by atoms with Gasteiger partial charge in [0.1, 0.15) is 5.50 Å². The minimum atomic E-state index is -0.427. The van der Waals surface area contributed by atoms with Crippen molar-refractivity contribution in [3.05, 3.63) is 29.7 Å². The largest absolute Gasteiger partial charge is 1.00 e. The first kappa shape index (κ1) is 22.8. The van der Waals surface area contributed by atoms with E-state index in [0.29, 0.717) is 23.8 Å². The molecular weight excluding hydrogens is 367 g/mol. The Bertz CT molecular complexity index is 644. The third-order valence-electron chi connectivity index (χ3n) is 3.56. The minimum Gasteiger partial charge on any atom is -0.860 e. The Labute approximate surface area is 180 Å². The van der Waals surface area contributed by atoms with Crippen LogP contribution in [-0.2, 0) is 11.3 Å². The molecule has 0 saturated carbocycles. The molecule has 1 N–H and O–H groups in total. The number of benzene rings is 1. The van der Waals surface area contributed by atoms with Gasteiger partial charge in [-0.25, -0.2) is 0 Å². The zero-order valence-electron chi connectivity index (χ0n) is 16.0. The minimum absolute atomic E-state index is 0. The molecule has 1 aromatic carbocycles. The predicted molar refractivity (Wildman–Crippen MR) is 94.4 cm³/mol. The number of hydrogen-bond acceptors (Lipinski definition) is 7. The van der Waals surface area contributed by atoms with Crippen LogP contribution in [0, 0.1) is 0 Å². The van der Waals surface area contributed by atoms with Gasteiger partial charge in [0.2, 0.25) is 11.7 Å². The van der Waals surface area contributed by atoms with Crippen LogP contribution >= 0.6 is 11.8 Å². The van der Waals surface area contributed by atoms with Crippen LogP contribution in [0.1, 0.15) is 19.4 Å². The second-order valence-corrected chi connectivity index (χ2v) is 7.35. The summed E-state index contributed by atoms with van der Waals surface area (Å²) in [7, 11) is 4.62. The van der Waals surface area contributed by atoms with Crippen LogP contribution in [0.25, 0.3) is 0 Å². The van der Waals surface area contributed by atoms with Crippen LogP contribution in [-0.4, -0.2) is 42.9 Å². The van der Waals surface area contributed by atoms with E-state index >= 15 is 0 Å². The number of carbonyl (C=O) groups is 1. The first-order chi connectivity index (χ1) is 11.9. The van der Waals surface area contributed by atoms with E-state index < -0.39 is 5.50 Å². The average molecular weight is 390 g/mol. The summed E-state index contributed by atoms with van der Waals surface area (Å²) in [5, 5.41) is 15.4. The fraction of sp³-hybridized carbons (Fsp3) is 0.471. The predicted octanol–water partition coefficient (Wildman–Crippen LogP) is -1.72. The fourth-order valence-electron chi connectivity index (χ4n) is 2.50. The number of ether oxygens (including phenoxy) is 3. The molecule has 0 aliphatic carbocycles. The molecule has 0 radical (unpaired) electrons. The van der Waals surface area contributed by atoms with Crippen molar-refractivity contribution >= 4 is 17.7 Å². The molecule has 0 bridgehead atoms. The summed E-state index contributed by atoms with van der Waals surface area (Å²) in [6, 6.07) is 3.59. The SMILES string of the molecule is COc1cc(CN2C([O-])=CC(=O)NC2SC(C)C)cc(OC)c1OC.[Na+]. The van der Waals surface area contributed by atoms with Crippen molar-refractivity contribution in [2.75, 3.05) is 21.3 Å². The van der Waals surface area contributed by atoms with E-state index in [1.54, 1.807) is 31.3 Å². The molecule has 1 aliphatic rings. The van der Waals surface area contributed by atoms with Crippen molar-refractivity contribution in [1.29, 1.82) is 0 Å². The summed E-state index contributed by atoms with van der Waals surface area (Å²) in [5.74, 6) is 0.830. The molecule has 138 valence electrons. The first-order valence-corrected chi connectivity index (χ1v) is 8.74. The number of methoxy groups -OCH3 is 3. The van der Waals surface area contributed by atoms with Gasteiger partial charge in [0.05, 0.1) is 21.3 Å². The van der Waals surface area contributed by atoms with E-state index in [9.17, 15) is 9.90 Å². The Morgan fingerprint density at radius 3 is 2.23 bits per heavy atom. The molecule has 1 amide bonds. The van der Waals surface area contributed by atoms with Gasteiger partial charge in [-0.2, -0.15) is 0 Å². The van der Waals surface area contributed by atoms with Gasteiger partial charge in [-0.1, -0.05) is 13.8 Å². The molecule has 1 aliphatic heterocycles. The smallest absolute Gasteiger partial charge is 0.860 e. The first-order valence-electron chi connectivity index (χ1n) is 7.79. The van der Waals surface area contributed by atoms with Crippen LogP contribution in [0.4, 0.5) is 0 Å². The van der Waals surface area contributed by atoms with Crippen LogP contribution in [0.3, 0.4) is 0 Å². The van der Waals surface area contributed by atoms with Crippen molar-refractivity contribution in [2.24, 2.45) is 0 Å². The number of thioether (sulfide) groups is 1. The summed E-state index contributed by atoms with van der Waals surface area (Å²) < 4.78 is 16.0. The Balaban J connectivity index is 0.00000338. The summed E-state index contributed by atoms with van der Waals surface area (Å²) in [6.45, 7) is 4.32. The van der Waals surface area contributed by atoms with E-state index in [-0.39, 0.29) is 46.6 Å². The maximum Gasteiger partial charge on any atom is 1.00 e. The van der Waals surface area contributed by atoms with E-state index in [4.69, 9.17) is 14.2 Å². The van der Waals surface area contributed by atoms with Crippen molar-refractivity contribution < 1.29 is 53.7 Å². The maximum atomic E-state index is 12.3. The number of amides is 1. The summed E-state index contributed by atoms with van der Waals surface area (Å²) >= 11 is 1.50. The van der Waals surface area contributed by atoms with E-state index in [2.05, 4.69) is 5.32 Å². The molecule has 7 nitrogen and oxygen atoms in total. The molecule has 26 heavy (non-hydrogen) atoms. The third-order valence-corrected chi connectivity index (χ3v) is 4.74. The van der Waals surface area contributed by atoms with Gasteiger partial charge in [-0.3, -0.25) is 4.79 Å². The second-order valence-electron chi connectivity index (χ2n) is 5.69. The Morgan fingerprint density at radius 2 is 1.77 bits per heavy atom. The zero-order valence-corrected chi connectivity index (χ0v) is 18.8. The van der Waals surface area contributed by atoms with Gasteiger partial charge >= 0.3 is 29.6 Å². The molecule has 0 spiro atoms. The van der Waals surface area contributed by atoms with Crippen molar-refractivity contribution in [2.45, 2.75) is 31.1 Å². The molecule has 1 aromatic rings. The Hall–Kier alpha value is -1.22. The van der Waals surface area contributed by atoms with E-state index in [0.717, 1.165) is 11.6 Å². The van der Waals surface area contributed by atoms with Gasteiger partial charge in [-0.15, -0.1) is 11.8 Å². The van der Waals surface area contributed by atoms with Crippen LogP contribution < -0.4 is 54.2 Å². The quantitative estimate of drug-likeness (QED) is 0.555. The van der Waals surface area contributed by atoms with Crippen LogP contribution in [0.5, 0.6) is 17.2 Å². The van der Waals surface area contributed by atoms with E-state index in [1.807, 2.05) is 13.8 Å². The van der Waals surface area contributed by atoms with Crippen molar-refractivity contribution in [1.82, 2.24) is 10.2 Å². The third kappa shape index (κ3) is 5.39. The summed E-state index contributed by atoms with van der Waals surface area (Å²) in [4.78, 5) is 13.3. The molecule has 0 aromatic heterocycles. The Kier molecular flexibility index (Phi) is 8.95. The molecule has 1 heterocycles. The molecule has 0 fully saturated rings. The van der Waals surface area contributed by atoms with Crippen LogP contribution in [0.2, 0.25) is 0 Å². The number of carbonyl (C=O) groups excluding carboxylic acids is 1. The van der Waals surface area contributed by atoms with Gasteiger partial charge in [-0.05, 0) is 23.6 Å². The number of hydrogen-bond donors (Lipinski definition) is 1. The number of nitrogens with one attached hydrogen (secondary N) is 1. The summed E-state index contributed by atoms with van der Waals surface area (Å²) in [6.07, 6.45) is 1.06. The van der Waals surface area contributed by atoms with Gasteiger partial charge < -0.3 is 29.5 Å². The molecule has 0 saturated heterocycles. The normalized spacial score (nSPS) is 16.5. The average Bonchev–Trinajstić information content (AvgIpc) is 2.56. The molecular formula is C17H23N2NaO5S. The number of nitrogens with zero attached hydrogens (tertiary/aromatic N) is 1. The molecule has 9 heteroatoms. The van der Waals surface area contributed by atoms with Crippen molar-refractivity contribution in [3.8, 4) is 17.2 Å². The molecule has 1 unspecified atom stereocenters. The summed E-state index contributed by atoms with van der Waals surface area (Å²) in [5.41, 5.74) is 0.380. The Morgan fingerprint density at radius 1 is 1.19 bits per heavy atom. The zero-order chi connectivity index (χ0) is 18.6. The second kappa shape index (κ2) is 10.2. The van der Waals surface area contributed by atoms with Gasteiger partial charge in [0.25, 0.3) is 0 Å². The number of rotatable bonds is 7. The van der Waals surface area contributed by atoms with Crippen LogP contribution in [0.15, 0.2) is 24.1 Å². The topological polar surface area (TPSA) is 83.1 Å². The maximum absolute atomic E-state index is 12.3. The fourth-order valence-corrected chi connectivity index (χ4v) is 3.53. The molecule has 1 atom stereocenters. The monoisotopic (exact) mass is 390 g/mol. The van der Waals surface area contributed by atoms with Crippen molar-refractivity contribution in [3.63, 3.8) is 0 Å². The molecule has 2 rings (SSSR count). The van der Waals surface area contributed by atoms with Gasteiger partial charge in [0, 0.05) is 17.9 Å². The standard InChI is InChI=1S/C17H24N2O5S.Na/c1-10(2)25-17-18-14(20)8-15(21)19(17)9-11-6-12(22-3)16(24-5)13(7-11)23-4;/h6-8,10,17,21H,9H2,1-5H3,(H,18,20);/q;+1/p-1. The van der Waals surface area contributed by atoms with Gasteiger partial charge in [0.15, 0.2) is 11.5 Å². The van der Waals surface area contributed by atoms with E-state index in [1.165, 1.54) is 18.9 Å².